The number of ether oxygens (including phenoxy) is 2. The van der Waals surface area contributed by atoms with Gasteiger partial charge in [-0.1, -0.05) is 23.7 Å². The maximum absolute atomic E-state index is 10.2. The van der Waals surface area contributed by atoms with Crippen molar-refractivity contribution < 1.29 is 19.0 Å². The van der Waals surface area contributed by atoms with Crippen molar-refractivity contribution in [1.29, 1.82) is 0 Å². The maximum Gasteiger partial charge on any atom is 0.129 e. The van der Waals surface area contributed by atoms with Crippen LogP contribution < -0.4 is 0 Å². The minimum absolute atomic E-state index is 0.00672. The van der Waals surface area contributed by atoms with Crippen LogP contribution >= 0.6 is 11.6 Å². The monoisotopic (exact) mass is 351 g/mol. The van der Waals surface area contributed by atoms with Gasteiger partial charge in [-0.15, -0.1) is 0 Å². The molecule has 2 heterocycles. The number of furan rings is 1. The summed E-state index contributed by atoms with van der Waals surface area (Å²) in [4.78, 5) is 2.20. The minimum atomic E-state index is -0.538. The number of morpholine rings is 1. The normalized spacial score (nSPS) is 20.2. The lowest BCUT2D eigenvalue weighted by molar-refractivity contribution is -0.0544. The molecule has 0 amide bonds. The predicted octanol–water partition coefficient (Wildman–Crippen LogP) is 2.88. The molecule has 3 rings (SSSR count). The third-order valence-electron chi connectivity index (χ3n) is 4.00. The largest absolute Gasteiger partial charge is 0.467 e. The summed E-state index contributed by atoms with van der Waals surface area (Å²) >= 11 is 5.93. The molecule has 2 atom stereocenters. The fraction of sp³-hybridized carbons (Fsp3) is 0.444. The summed E-state index contributed by atoms with van der Waals surface area (Å²) in [6.45, 7) is 3.42. The lowest BCUT2D eigenvalue weighted by Gasteiger charge is -2.34. The Bertz CT molecular complexity index is 602. The van der Waals surface area contributed by atoms with E-state index in [4.69, 9.17) is 25.5 Å². The van der Waals surface area contributed by atoms with Gasteiger partial charge in [0.15, 0.2) is 0 Å². The van der Waals surface area contributed by atoms with Crippen LogP contribution in [-0.2, 0) is 16.1 Å². The fourth-order valence-electron chi connectivity index (χ4n) is 2.79. The average molecular weight is 352 g/mol. The second-order valence-corrected chi connectivity index (χ2v) is 6.36. The van der Waals surface area contributed by atoms with Gasteiger partial charge in [0.25, 0.3) is 0 Å². The van der Waals surface area contributed by atoms with Crippen molar-refractivity contribution in [1.82, 2.24) is 4.90 Å². The number of hydrogen-bond acceptors (Lipinski definition) is 5. The van der Waals surface area contributed by atoms with Crippen molar-refractivity contribution in [2.75, 3.05) is 32.8 Å². The van der Waals surface area contributed by atoms with Crippen molar-refractivity contribution >= 4 is 11.6 Å². The van der Waals surface area contributed by atoms with Crippen LogP contribution in [0.1, 0.15) is 17.4 Å². The van der Waals surface area contributed by atoms with Crippen LogP contribution in [-0.4, -0.2) is 49.0 Å². The first-order valence-electron chi connectivity index (χ1n) is 8.08. The van der Waals surface area contributed by atoms with Crippen molar-refractivity contribution in [3.8, 4) is 0 Å². The molecule has 0 spiro atoms. The number of halogens is 1. The summed E-state index contributed by atoms with van der Waals surface area (Å²) in [5.41, 5.74) is 1.10. The Balaban J connectivity index is 1.43. The van der Waals surface area contributed by atoms with Gasteiger partial charge in [-0.2, -0.15) is 0 Å². The van der Waals surface area contributed by atoms with E-state index in [9.17, 15) is 5.11 Å². The molecular formula is C18H22ClNO4. The first kappa shape index (κ1) is 17.5. The highest BCUT2D eigenvalue weighted by Crippen LogP contribution is 2.23. The first-order chi connectivity index (χ1) is 11.7. The Morgan fingerprint density at radius 3 is 2.88 bits per heavy atom. The molecule has 1 aromatic carbocycles. The zero-order valence-corrected chi connectivity index (χ0v) is 14.2. The number of rotatable bonds is 7. The Morgan fingerprint density at radius 2 is 2.12 bits per heavy atom. The van der Waals surface area contributed by atoms with Crippen molar-refractivity contribution in [2.24, 2.45) is 0 Å². The molecule has 5 nitrogen and oxygen atoms in total. The van der Waals surface area contributed by atoms with E-state index >= 15 is 0 Å². The molecule has 1 aliphatic heterocycles. The van der Waals surface area contributed by atoms with E-state index in [1.807, 2.05) is 36.4 Å². The molecule has 1 saturated heterocycles. The van der Waals surface area contributed by atoms with Crippen LogP contribution in [0.4, 0.5) is 0 Å². The van der Waals surface area contributed by atoms with Gasteiger partial charge in [0.2, 0.25) is 0 Å². The Morgan fingerprint density at radius 1 is 1.29 bits per heavy atom. The predicted molar refractivity (Wildman–Crippen MR) is 91.0 cm³/mol. The zero-order chi connectivity index (χ0) is 16.8. The molecule has 0 saturated carbocycles. The third kappa shape index (κ3) is 5.06. The molecule has 2 aromatic rings. The van der Waals surface area contributed by atoms with Crippen LogP contribution in [0.25, 0.3) is 0 Å². The van der Waals surface area contributed by atoms with Crippen molar-refractivity contribution in [2.45, 2.75) is 18.8 Å². The SMILES string of the molecule is O[C@H](COCc1ccco1)CN1CCO[C@@H](c2ccc(Cl)cc2)C1. The van der Waals surface area contributed by atoms with Gasteiger partial charge in [-0.25, -0.2) is 0 Å². The number of hydrogen-bond donors (Lipinski definition) is 1. The zero-order valence-electron chi connectivity index (χ0n) is 13.4. The highest BCUT2D eigenvalue weighted by molar-refractivity contribution is 6.30. The van der Waals surface area contributed by atoms with Crippen LogP contribution in [0.3, 0.4) is 0 Å². The Hall–Kier alpha value is -1.37. The molecule has 0 unspecified atom stereocenters. The molecule has 6 heteroatoms. The Labute approximate surface area is 146 Å². The quantitative estimate of drug-likeness (QED) is 0.831. The lowest BCUT2D eigenvalue weighted by atomic mass is 10.1. The summed E-state index contributed by atoms with van der Waals surface area (Å²) in [5.74, 6) is 0.761. The molecule has 1 fully saturated rings. The van der Waals surface area contributed by atoms with Crippen molar-refractivity contribution in [3.05, 3.63) is 59.0 Å². The molecule has 1 aromatic heterocycles. The van der Waals surface area contributed by atoms with Gasteiger partial charge in [-0.05, 0) is 29.8 Å². The molecule has 24 heavy (non-hydrogen) atoms. The third-order valence-corrected chi connectivity index (χ3v) is 4.25. The lowest BCUT2D eigenvalue weighted by Crippen LogP contribution is -2.43. The van der Waals surface area contributed by atoms with Gasteiger partial charge in [0, 0.05) is 24.7 Å². The van der Waals surface area contributed by atoms with E-state index < -0.39 is 6.10 Å². The molecule has 1 aliphatic rings. The summed E-state index contributed by atoms with van der Waals surface area (Å²) < 4.78 is 16.5. The molecular weight excluding hydrogens is 330 g/mol. The topological polar surface area (TPSA) is 55.1 Å². The van der Waals surface area contributed by atoms with E-state index in [1.165, 1.54) is 0 Å². The van der Waals surface area contributed by atoms with Crippen LogP contribution in [0.5, 0.6) is 0 Å². The maximum atomic E-state index is 10.2. The smallest absolute Gasteiger partial charge is 0.129 e. The van der Waals surface area contributed by atoms with Gasteiger partial charge in [0.05, 0.1) is 31.7 Å². The summed E-state index contributed by atoms with van der Waals surface area (Å²) in [7, 11) is 0. The summed E-state index contributed by atoms with van der Waals surface area (Å²) in [6, 6.07) is 11.4. The number of aliphatic hydroxyl groups is 1. The molecule has 0 aliphatic carbocycles. The molecule has 0 radical (unpaired) electrons. The van der Waals surface area contributed by atoms with E-state index in [1.54, 1.807) is 6.26 Å². The molecule has 0 bridgehead atoms. The highest BCUT2D eigenvalue weighted by atomic mass is 35.5. The van der Waals surface area contributed by atoms with Gasteiger partial charge in [0.1, 0.15) is 12.4 Å². The van der Waals surface area contributed by atoms with E-state index in [2.05, 4.69) is 4.90 Å². The second-order valence-electron chi connectivity index (χ2n) is 5.92. The average Bonchev–Trinajstić information content (AvgIpc) is 3.09. The standard InChI is InChI=1S/C18H22ClNO4/c19-15-5-3-14(4-6-15)18-11-20(7-9-24-18)10-16(21)12-22-13-17-2-1-8-23-17/h1-6,8,16,18,21H,7,9-13H2/t16-,18+/m0/s1. The van der Waals surface area contributed by atoms with E-state index in [0.717, 1.165) is 29.4 Å². The van der Waals surface area contributed by atoms with Gasteiger partial charge in [-0.3, -0.25) is 4.90 Å². The summed E-state index contributed by atoms with van der Waals surface area (Å²) in [5, 5.41) is 10.9. The highest BCUT2D eigenvalue weighted by Gasteiger charge is 2.23. The van der Waals surface area contributed by atoms with E-state index in [0.29, 0.717) is 19.8 Å². The number of β-amino-alcohol motifs (C(OH)–C–C–N with tert-alkyl or cyclic N) is 1. The first-order valence-corrected chi connectivity index (χ1v) is 8.46. The second kappa shape index (κ2) is 8.65. The fourth-order valence-corrected chi connectivity index (χ4v) is 2.91. The number of aliphatic hydroxyl groups excluding tert-OH is 1. The van der Waals surface area contributed by atoms with Crippen LogP contribution in [0, 0.1) is 0 Å². The number of nitrogens with zero attached hydrogens (tertiary/aromatic N) is 1. The Kier molecular flexibility index (Phi) is 6.29. The molecule has 130 valence electrons. The van der Waals surface area contributed by atoms with Crippen molar-refractivity contribution in [3.63, 3.8) is 0 Å². The molecule has 1 N–H and O–H groups in total. The summed E-state index contributed by atoms with van der Waals surface area (Å²) in [6.07, 6.45) is 1.08. The van der Waals surface area contributed by atoms with Gasteiger partial charge >= 0.3 is 0 Å². The van der Waals surface area contributed by atoms with Crippen LogP contribution in [0.15, 0.2) is 47.1 Å². The minimum Gasteiger partial charge on any atom is -0.467 e. The van der Waals surface area contributed by atoms with E-state index in [-0.39, 0.29) is 12.7 Å². The number of benzene rings is 1. The van der Waals surface area contributed by atoms with Gasteiger partial charge < -0.3 is 19.0 Å². The van der Waals surface area contributed by atoms with Crippen LogP contribution in [0.2, 0.25) is 5.02 Å².